The molecule has 1 aliphatic carbocycles. The molecule has 0 saturated heterocycles. The first-order chi connectivity index (χ1) is 8.11. The van der Waals surface area contributed by atoms with Crippen molar-refractivity contribution in [3.63, 3.8) is 0 Å². The van der Waals surface area contributed by atoms with E-state index in [1.54, 1.807) is 0 Å². The molecule has 1 fully saturated rings. The summed E-state index contributed by atoms with van der Waals surface area (Å²) in [6.45, 7) is 3.84. The average molecular weight is 272 g/mol. The van der Waals surface area contributed by atoms with Crippen LogP contribution in [0.5, 0.6) is 0 Å². The predicted octanol–water partition coefficient (Wildman–Crippen LogP) is 3.44. The van der Waals surface area contributed by atoms with E-state index in [4.69, 9.17) is 11.6 Å². The van der Waals surface area contributed by atoms with Crippen molar-refractivity contribution in [2.45, 2.75) is 44.4 Å². The second kappa shape index (κ2) is 5.44. The summed E-state index contributed by atoms with van der Waals surface area (Å²) in [4.78, 5) is 8.61. The maximum absolute atomic E-state index is 6.08. The van der Waals surface area contributed by atoms with E-state index in [1.807, 2.05) is 25.6 Å². The third-order valence-corrected chi connectivity index (χ3v) is 4.81. The Balaban J connectivity index is 2.18. The number of aromatic nitrogens is 2. The lowest BCUT2D eigenvalue weighted by atomic mass is 10.2. The Morgan fingerprint density at radius 3 is 2.76 bits per heavy atom. The van der Waals surface area contributed by atoms with Gasteiger partial charge in [-0.3, -0.25) is 0 Å². The maximum atomic E-state index is 6.08. The van der Waals surface area contributed by atoms with Crippen LogP contribution in [0.1, 0.15) is 30.7 Å². The molecule has 0 amide bonds. The number of halogens is 1. The molecule has 1 aromatic heterocycles. The molecule has 2 atom stereocenters. The lowest BCUT2D eigenvalue weighted by Gasteiger charge is -2.21. The van der Waals surface area contributed by atoms with Crippen LogP contribution in [0.25, 0.3) is 0 Å². The first-order valence-electron chi connectivity index (χ1n) is 5.92. The Labute approximate surface area is 112 Å². The number of hydrogen-bond donors (Lipinski definition) is 1. The number of nitrogens with zero attached hydrogens (tertiary/aromatic N) is 2. The highest BCUT2D eigenvalue weighted by Crippen LogP contribution is 2.31. The first kappa shape index (κ1) is 13.0. The van der Waals surface area contributed by atoms with Gasteiger partial charge in [0.1, 0.15) is 16.8 Å². The molecular weight excluding hydrogens is 254 g/mol. The molecular formula is C12H18ClN3S. The fourth-order valence-corrected chi connectivity index (χ4v) is 3.43. The Kier molecular flexibility index (Phi) is 4.15. The molecule has 1 N–H and O–H groups in total. The van der Waals surface area contributed by atoms with Gasteiger partial charge in [0.25, 0.3) is 0 Å². The molecule has 1 aromatic rings. The minimum absolute atomic E-state index is 0.508. The lowest BCUT2D eigenvalue weighted by Crippen LogP contribution is -2.27. The molecule has 2 unspecified atom stereocenters. The van der Waals surface area contributed by atoms with E-state index in [2.05, 4.69) is 21.5 Å². The van der Waals surface area contributed by atoms with Gasteiger partial charge in [-0.15, -0.1) is 0 Å². The summed E-state index contributed by atoms with van der Waals surface area (Å²) in [6, 6.07) is 0.508. The molecule has 1 saturated carbocycles. The van der Waals surface area contributed by atoms with Gasteiger partial charge in [-0.05, 0) is 32.9 Å². The van der Waals surface area contributed by atoms with E-state index in [9.17, 15) is 0 Å². The van der Waals surface area contributed by atoms with Crippen LogP contribution in [-0.4, -0.2) is 27.5 Å². The van der Waals surface area contributed by atoms with Crippen LogP contribution < -0.4 is 5.32 Å². The van der Waals surface area contributed by atoms with Crippen LogP contribution in [0.3, 0.4) is 0 Å². The monoisotopic (exact) mass is 271 g/mol. The van der Waals surface area contributed by atoms with Crippen LogP contribution in [-0.2, 0) is 0 Å². The normalized spacial score (nSPS) is 24.0. The summed E-state index contributed by atoms with van der Waals surface area (Å²) in [5, 5.41) is 4.77. The molecule has 17 heavy (non-hydrogen) atoms. The van der Waals surface area contributed by atoms with Gasteiger partial charge in [0.15, 0.2) is 0 Å². The Bertz CT molecular complexity index is 411. The smallest absolute Gasteiger partial charge is 0.137 e. The summed E-state index contributed by atoms with van der Waals surface area (Å²) < 4.78 is 0. The molecule has 0 radical (unpaired) electrons. The van der Waals surface area contributed by atoms with Crippen molar-refractivity contribution in [2.24, 2.45) is 0 Å². The molecule has 1 heterocycles. The highest BCUT2D eigenvalue weighted by atomic mass is 35.5. The maximum Gasteiger partial charge on any atom is 0.137 e. The average Bonchev–Trinajstić information content (AvgIpc) is 2.72. The topological polar surface area (TPSA) is 37.8 Å². The Hall–Kier alpha value is -0.480. The van der Waals surface area contributed by atoms with Crippen LogP contribution >= 0.6 is 23.4 Å². The van der Waals surface area contributed by atoms with Crippen molar-refractivity contribution >= 4 is 29.2 Å². The predicted molar refractivity (Wildman–Crippen MR) is 75.1 cm³/mol. The third kappa shape index (κ3) is 2.86. The van der Waals surface area contributed by atoms with E-state index >= 15 is 0 Å². The van der Waals surface area contributed by atoms with Crippen LogP contribution in [0.4, 0.5) is 5.82 Å². The summed E-state index contributed by atoms with van der Waals surface area (Å²) in [6.07, 6.45) is 5.97. The highest BCUT2D eigenvalue weighted by molar-refractivity contribution is 7.99. The van der Waals surface area contributed by atoms with E-state index in [1.165, 1.54) is 19.3 Å². The zero-order valence-electron chi connectivity index (χ0n) is 10.5. The van der Waals surface area contributed by atoms with Gasteiger partial charge in [-0.2, -0.15) is 11.8 Å². The number of nitrogens with one attached hydrogen (secondary N) is 1. The second-order valence-corrected chi connectivity index (χ2v) is 5.93. The van der Waals surface area contributed by atoms with Gasteiger partial charge in [-0.25, -0.2) is 9.97 Å². The number of thioether (sulfide) groups is 1. The minimum atomic E-state index is 0.508. The van der Waals surface area contributed by atoms with Crippen molar-refractivity contribution in [1.82, 2.24) is 9.97 Å². The highest BCUT2D eigenvalue weighted by Gasteiger charge is 2.27. The number of aryl methyl sites for hydroxylation is 1. The summed E-state index contributed by atoms with van der Waals surface area (Å²) >= 11 is 8.01. The SMILES string of the molecule is CSC1CCCC1Nc1nc(C)nc(Cl)c1C. The van der Waals surface area contributed by atoms with E-state index < -0.39 is 0 Å². The van der Waals surface area contributed by atoms with Crippen molar-refractivity contribution in [2.75, 3.05) is 11.6 Å². The van der Waals surface area contributed by atoms with Gasteiger partial charge in [-0.1, -0.05) is 18.0 Å². The van der Waals surface area contributed by atoms with Gasteiger partial charge in [0.2, 0.25) is 0 Å². The second-order valence-electron chi connectivity index (χ2n) is 4.49. The fraction of sp³-hybridized carbons (Fsp3) is 0.667. The summed E-state index contributed by atoms with van der Waals surface area (Å²) in [5.41, 5.74) is 0.948. The molecule has 0 bridgehead atoms. The zero-order valence-corrected chi connectivity index (χ0v) is 12.0. The quantitative estimate of drug-likeness (QED) is 0.855. The summed E-state index contributed by atoms with van der Waals surface area (Å²) in [7, 11) is 0. The van der Waals surface area contributed by atoms with E-state index in [0.717, 1.165) is 17.2 Å². The van der Waals surface area contributed by atoms with Crippen molar-refractivity contribution in [3.8, 4) is 0 Å². The third-order valence-electron chi connectivity index (χ3n) is 3.28. The molecule has 0 spiro atoms. The van der Waals surface area contributed by atoms with Gasteiger partial charge in [0.05, 0.1) is 0 Å². The Morgan fingerprint density at radius 1 is 1.29 bits per heavy atom. The van der Waals surface area contributed by atoms with E-state index in [0.29, 0.717) is 16.4 Å². The van der Waals surface area contributed by atoms with Crippen molar-refractivity contribution < 1.29 is 0 Å². The summed E-state index contributed by atoms with van der Waals surface area (Å²) in [5.74, 6) is 1.62. The van der Waals surface area contributed by atoms with E-state index in [-0.39, 0.29) is 0 Å². The van der Waals surface area contributed by atoms with Crippen LogP contribution in [0.15, 0.2) is 0 Å². The molecule has 1 aliphatic rings. The van der Waals surface area contributed by atoms with Gasteiger partial charge < -0.3 is 5.32 Å². The molecule has 5 heteroatoms. The number of anilines is 1. The molecule has 0 aromatic carbocycles. The molecule has 3 nitrogen and oxygen atoms in total. The lowest BCUT2D eigenvalue weighted by molar-refractivity contribution is 0.759. The largest absolute Gasteiger partial charge is 0.366 e. The molecule has 0 aliphatic heterocycles. The molecule has 2 rings (SSSR count). The van der Waals surface area contributed by atoms with Gasteiger partial charge >= 0.3 is 0 Å². The zero-order chi connectivity index (χ0) is 12.4. The standard InChI is InChI=1S/C12H18ClN3S/c1-7-11(13)14-8(2)15-12(7)16-9-5-4-6-10(9)17-3/h9-10H,4-6H2,1-3H3,(H,14,15,16). The number of hydrogen-bond acceptors (Lipinski definition) is 4. The number of rotatable bonds is 3. The van der Waals surface area contributed by atoms with Crippen LogP contribution in [0, 0.1) is 13.8 Å². The minimum Gasteiger partial charge on any atom is -0.366 e. The van der Waals surface area contributed by atoms with Gasteiger partial charge in [0, 0.05) is 16.9 Å². The van der Waals surface area contributed by atoms with Crippen molar-refractivity contribution in [1.29, 1.82) is 0 Å². The van der Waals surface area contributed by atoms with Crippen molar-refractivity contribution in [3.05, 3.63) is 16.5 Å². The fourth-order valence-electron chi connectivity index (χ4n) is 2.28. The van der Waals surface area contributed by atoms with Crippen LogP contribution in [0.2, 0.25) is 5.15 Å². The first-order valence-corrected chi connectivity index (χ1v) is 7.58. The molecule has 94 valence electrons. The Morgan fingerprint density at radius 2 is 2.06 bits per heavy atom.